The lowest BCUT2D eigenvalue weighted by Crippen LogP contribution is -2.30. The second kappa shape index (κ2) is 6.15. The molecule has 0 radical (unpaired) electrons. The average Bonchev–Trinajstić information content (AvgIpc) is 2.77. The molecule has 2 atom stereocenters. The van der Waals surface area contributed by atoms with Gasteiger partial charge >= 0.3 is 0 Å². The molecule has 2 amide bonds. The number of imide groups is 1. The molecular weight excluding hydrogens is 286 g/mol. The Morgan fingerprint density at radius 3 is 2.30 bits per heavy atom. The maximum absolute atomic E-state index is 12.8. The summed E-state index contributed by atoms with van der Waals surface area (Å²) in [6.07, 6.45) is 4.53. The standard InChI is InChI=1S/C20H23NO2/c1-13(2)9-10-15-12-18-17(11-14(15)3)19(22)21(20(18)23)16-7-5-4-6-8-16/h4-9,17-18H,10-12H2,1-3H3/t17-,18+/m1/s1. The smallest absolute Gasteiger partial charge is 0.238 e. The lowest BCUT2D eigenvalue weighted by molar-refractivity contribution is -0.122. The van der Waals surface area contributed by atoms with E-state index in [1.165, 1.54) is 21.6 Å². The molecule has 1 aromatic rings. The van der Waals surface area contributed by atoms with Crippen LogP contribution in [0, 0.1) is 11.8 Å². The lowest BCUT2D eigenvalue weighted by Gasteiger charge is -2.25. The minimum atomic E-state index is -0.188. The van der Waals surface area contributed by atoms with E-state index in [1.54, 1.807) is 0 Å². The molecule has 1 fully saturated rings. The molecule has 1 aliphatic carbocycles. The van der Waals surface area contributed by atoms with Gasteiger partial charge in [-0.25, -0.2) is 0 Å². The van der Waals surface area contributed by atoms with Crippen LogP contribution in [0.5, 0.6) is 0 Å². The summed E-state index contributed by atoms with van der Waals surface area (Å²) in [5.74, 6) is -0.439. The van der Waals surface area contributed by atoms with Gasteiger partial charge in [0.1, 0.15) is 0 Å². The van der Waals surface area contributed by atoms with Crippen molar-refractivity contribution in [2.75, 3.05) is 4.90 Å². The molecule has 120 valence electrons. The normalized spacial score (nSPS) is 24.0. The van der Waals surface area contributed by atoms with Crippen molar-refractivity contribution in [1.29, 1.82) is 0 Å². The molecule has 3 nitrogen and oxygen atoms in total. The summed E-state index contributed by atoms with van der Waals surface area (Å²) in [6.45, 7) is 6.28. The van der Waals surface area contributed by atoms with Crippen molar-refractivity contribution in [3.05, 3.63) is 53.1 Å². The molecule has 0 N–H and O–H groups in total. The first-order chi connectivity index (χ1) is 11.0. The number of para-hydroxylation sites is 1. The fourth-order valence-corrected chi connectivity index (χ4v) is 3.57. The van der Waals surface area contributed by atoms with Crippen LogP contribution in [0.1, 0.15) is 40.0 Å². The number of fused-ring (bicyclic) bond motifs is 1. The Kier molecular flexibility index (Phi) is 4.20. The van der Waals surface area contributed by atoms with Gasteiger partial charge in [-0.2, -0.15) is 0 Å². The molecule has 1 heterocycles. The Hall–Kier alpha value is -2.16. The molecule has 3 heteroatoms. The van der Waals surface area contributed by atoms with Gasteiger partial charge in [0.2, 0.25) is 11.8 Å². The van der Waals surface area contributed by atoms with Crippen LogP contribution >= 0.6 is 0 Å². The Balaban J connectivity index is 1.86. The highest BCUT2D eigenvalue weighted by atomic mass is 16.2. The molecule has 2 aliphatic rings. The SMILES string of the molecule is CC(C)=CCC1=C(C)C[C@H]2C(=O)N(c3ccccc3)C(=O)[C@H]2C1. The topological polar surface area (TPSA) is 37.4 Å². The summed E-state index contributed by atoms with van der Waals surface area (Å²) in [4.78, 5) is 26.9. The van der Waals surface area contributed by atoms with E-state index >= 15 is 0 Å². The molecule has 0 unspecified atom stereocenters. The third-order valence-corrected chi connectivity index (χ3v) is 4.93. The van der Waals surface area contributed by atoms with Crippen LogP contribution in [0.4, 0.5) is 5.69 Å². The van der Waals surface area contributed by atoms with Gasteiger partial charge in [0.05, 0.1) is 17.5 Å². The molecule has 1 aromatic carbocycles. The van der Waals surface area contributed by atoms with Gasteiger partial charge in [-0.15, -0.1) is 0 Å². The van der Waals surface area contributed by atoms with E-state index in [1.807, 2.05) is 30.3 Å². The van der Waals surface area contributed by atoms with E-state index in [2.05, 4.69) is 26.8 Å². The third-order valence-electron chi connectivity index (χ3n) is 4.93. The van der Waals surface area contributed by atoms with Crippen molar-refractivity contribution in [3.8, 4) is 0 Å². The first-order valence-electron chi connectivity index (χ1n) is 8.22. The van der Waals surface area contributed by atoms with Crippen molar-refractivity contribution >= 4 is 17.5 Å². The van der Waals surface area contributed by atoms with Gasteiger partial charge in [0.15, 0.2) is 0 Å². The van der Waals surface area contributed by atoms with E-state index in [0.717, 1.165) is 6.42 Å². The van der Waals surface area contributed by atoms with E-state index in [9.17, 15) is 9.59 Å². The van der Waals surface area contributed by atoms with Crippen LogP contribution in [0.25, 0.3) is 0 Å². The van der Waals surface area contributed by atoms with Crippen LogP contribution in [0.3, 0.4) is 0 Å². The first-order valence-corrected chi connectivity index (χ1v) is 8.22. The van der Waals surface area contributed by atoms with Gasteiger partial charge in [0, 0.05) is 0 Å². The summed E-state index contributed by atoms with van der Waals surface area (Å²) in [5.41, 5.74) is 4.58. The molecule has 1 saturated heterocycles. The molecule has 1 aliphatic heterocycles. The number of anilines is 1. The van der Waals surface area contributed by atoms with Crippen LogP contribution in [0.2, 0.25) is 0 Å². The number of amides is 2. The molecule has 0 aromatic heterocycles. The zero-order valence-electron chi connectivity index (χ0n) is 14.0. The van der Waals surface area contributed by atoms with E-state index < -0.39 is 0 Å². The predicted molar refractivity (Wildman–Crippen MR) is 91.9 cm³/mol. The van der Waals surface area contributed by atoms with E-state index in [-0.39, 0.29) is 23.7 Å². The zero-order chi connectivity index (χ0) is 16.6. The second-order valence-electron chi connectivity index (χ2n) is 6.84. The Labute approximate surface area is 137 Å². The van der Waals surface area contributed by atoms with Gasteiger partial charge in [0.25, 0.3) is 0 Å². The van der Waals surface area contributed by atoms with E-state index in [0.29, 0.717) is 18.5 Å². The highest BCUT2D eigenvalue weighted by Gasteiger charge is 2.49. The van der Waals surface area contributed by atoms with Gasteiger partial charge < -0.3 is 0 Å². The Morgan fingerprint density at radius 2 is 1.70 bits per heavy atom. The van der Waals surface area contributed by atoms with Crippen molar-refractivity contribution in [3.63, 3.8) is 0 Å². The number of benzene rings is 1. The third kappa shape index (κ3) is 2.88. The monoisotopic (exact) mass is 309 g/mol. The van der Waals surface area contributed by atoms with Crippen LogP contribution in [-0.2, 0) is 9.59 Å². The molecule has 0 spiro atoms. The Morgan fingerprint density at radius 1 is 1.09 bits per heavy atom. The minimum absolute atomic E-state index is 0.0339. The quantitative estimate of drug-likeness (QED) is 0.618. The number of nitrogens with zero attached hydrogens (tertiary/aromatic N) is 1. The van der Waals surface area contributed by atoms with Crippen LogP contribution in [0.15, 0.2) is 53.1 Å². The summed E-state index contributed by atoms with van der Waals surface area (Å²) < 4.78 is 0. The number of rotatable bonds is 3. The zero-order valence-corrected chi connectivity index (χ0v) is 14.0. The maximum atomic E-state index is 12.8. The molecule has 23 heavy (non-hydrogen) atoms. The van der Waals surface area contributed by atoms with Crippen molar-refractivity contribution in [2.45, 2.75) is 40.0 Å². The summed E-state index contributed by atoms with van der Waals surface area (Å²) in [5, 5.41) is 0. The van der Waals surface area contributed by atoms with Gasteiger partial charge in [-0.05, 0) is 52.2 Å². The number of allylic oxidation sites excluding steroid dienone is 4. The number of carbonyl (C=O) groups excluding carboxylic acids is 2. The number of hydrogen-bond donors (Lipinski definition) is 0. The highest BCUT2D eigenvalue weighted by Crippen LogP contribution is 2.43. The first kappa shape index (κ1) is 15.7. The largest absolute Gasteiger partial charge is 0.274 e. The fourth-order valence-electron chi connectivity index (χ4n) is 3.57. The Bertz CT molecular complexity index is 696. The maximum Gasteiger partial charge on any atom is 0.238 e. The minimum Gasteiger partial charge on any atom is -0.274 e. The summed E-state index contributed by atoms with van der Waals surface area (Å²) in [7, 11) is 0. The van der Waals surface area contributed by atoms with Crippen molar-refractivity contribution in [2.24, 2.45) is 11.8 Å². The van der Waals surface area contributed by atoms with Crippen LogP contribution < -0.4 is 4.90 Å². The number of carbonyl (C=O) groups is 2. The molecule has 0 saturated carbocycles. The summed E-state index contributed by atoms with van der Waals surface area (Å²) >= 11 is 0. The number of hydrogen-bond acceptors (Lipinski definition) is 2. The summed E-state index contributed by atoms with van der Waals surface area (Å²) in [6, 6.07) is 9.28. The molecular formula is C20H23NO2. The lowest BCUT2D eigenvalue weighted by atomic mass is 9.76. The van der Waals surface area contributed by atoms with Crippen molar-refractivity contribution < 1.29 is 9.59 Å². The molecule has 0 bridgehead atoms. The second-order valence-corrected chi connectivity index (χ2v) is 6.84. The highest BCUT2D eigenvalue weighted by molar-refractivity contribution is 6.22. The van der Waals surface area contributed by atoms with Gasteiger partial charge in [-0.3, -0.25) is 14.5 Å². The van der Waals surface area contributed by atoms with Gasteiger partial charge in [-0.1, -0.05) is 41.0 Å². The predicted octanol–water partition coefficient (Wildman–Crippen LogP) is 4.26. The van der Waals surface area contributed by atoms with Crippen LogP contribution in [-0.4, -0.2) is 11.8 Å². The molecule has 3 rings (SSSR count). The van der Waals surface area contributed by atoms with Crippen molar-refractivity contribution in [1.82, 2.24) is 0 Å². The van der Waals surface area contributed by atoms with E-state index in [4.69, 9.17) is 0 Å². The fraction of sp³-hybridized carbons (Fsp3) is 0.400. The average molecular weight is 309 g/mol.